The number of ether oxygens (including phenoxy) is 2. The van der Waals surface area contributed by atoms with Crippen molar-refractivity contribution in [3.8, 4) is 17.2 Å². The lowest BCUT2D eigenvalue weighted by Gasteiger charge is -2.20. The van der Waals surface area contributed by atoms with Gasteiger partial charge < -0.3 is 13.9 Å². The SMILES string of the molecule is CC(C)(C)c1ccc(Oc2c(C(F)(F)F)oc3cc(OC(=O)C4CCCCC4)ccc3c2=O)cc1. The molecule has 0 N–H and O–H groups in total. The Morgan fingerprint density at radius 2 is 1.57 bits per heavy atom. The summed E-state index contributed by atoms with van der Waals surface area (Å²) < 4.78 is 57.4. The summed E-state index contributed by atoms with van der Waals surface area (Å²) in [7, 11) is 0. The minimum Gasteiger partial charge on any atom is -0.449 e. The number of halogens is 3. The first kappa shape index (κ1) is 24.8. The van der Waals surface area contributed by atoms with Crippen LogP contribution in [0.5, 0.6) is 17.2 Å². The van der Waals surface area contributed by atoms with Gasteiger partial charge in [0.05, 0.1) is 11.3 Å². The van der Waals surface area contributed by atoms with Crippen molar-refractivity contribution in [1.29, 1.82) is 0 Å². The molecule has 186 valence electrons. The van der Waals surface area contributed by atoms with Gasteiger partial charge in [0.2, 0.25) is 11.2 Å². The molecule has 1 saturated carbocycles. The van der Waals surface area contributed by atoms with Gasteiger partial charge in [0, 0.05) is 6.07 Å². The monoisotopic (exact) mass is 488 g/mol. The van der Waals surface area contributed by atoms with E-state index in [-0.39, 0.29) is 33.8 Å². The second-order valence-corrected chi connectivity index (χ2v) is 9.88. The van der Waals surface area contributed by atoms with Crippen LogP contribution in [0.1, 0.15) is 64.2 Å². The molecule has 35 heavy (non-hydrogen) atoms. The van der Waals surface area contributed by atoms with Crippen LogP contribution in [-0.2, 0) is 16.4 Å². The number of alkyl halides is 3. The summed E-state index contributed by atoms with van der Waals surface area (Å²) in [4.78, 5) is 25.4. The average Bonchev–Trinajstić information content (AvgIpc) is 2.80. The van der Waals surface area contributed by atoms with Crippen LogP contribution in [0.2, 0.25) is 0 Å². The largest absolute Gasteiger partial charge is 0.453 e. The molecule has 0 unspecified atom stereocenters. The van der Waals surface area contributed by atoms with Gasteiger partial charge >= 0.3 is 12.1 Å². The fourth-order valence-corrected chi connectivity index (χ4v) is 4.18. The van der Waals surface area contributed by atoms with Crippen molar-refractivity contribution < 1.29 is 31.9 Å². The normalized spacial score (nSPS) is 15.3. The molecular weight excluding hydrogens is 461 g/mol. The predicted octanol–water partition coefficient (Wildman–Crippen LogP) is 7.39. The van der Waals surface area contributed by atoms with E-state index in [0.717, 1.165) is 43.7 Å². The minimum absolute atomic E-state index is 0.0239. The van der Waals surface area contributed by atoms with E-state index in [1.54, 1.807) is 12.1 Å². The fraction of sp³-hybridized carbons (Fsp3) is 0.407. The van der Waals surface area contributed by atoms with Gasteiger partial charge in [-0.05, 0) is 48.1 Å². The van der Waals surface area contributed by atoms with Crippen molar-refractivity contribution in [1.82, 2.24) is 0 Å². The molecule has 0 aliphatic heterocycles. The molecule has 0 atom stereocenters. The number of carbonyl (C=O) groups excluding carboxylic acids is 1. The van der Waals surface area contributed by atoms with Crippen LogP contribution in [0.15, 0.2) is 51.7 Å². The summed E-state index contributed by atoms with van der Waals surface area (Å²) in [6.45, 7) is 6.01. The van der Waals surface area contributed by atoms with Crippen molar-refractivity contribution in [2.24, 2.45) is 5.92 Å². The number of carbonyl (C=O) groups is 1. The third kappa shape index (κ3) is 5.52. The molecule has 5 nitrogen and oxygen atoms in total. The molecule has 8 heteroatoms. The Labute approximate surface area is 200 Å². The molecule has 1 fully saturated rings. The predicted molar refractivity (Wildman–Crippen MR) is 125 cm³/mol. The highest BCUT2D eigenvalue weighted by molar-refractivity contribution is 5.82. The molecule has 1 aliphatic carbocycles. The zero-order chi connectivity index (χ0) is 25.4. The lowest BCUT2D eigenvalue weighted by atomic mass is 9.87. The van der Waals surface area contributed by atoms with E-state index in [1.165, 1.54) is 24.3 Å². The van der Waals surface area contributed by atoms with Crippen LogP contribution >= 0.6 is 0 Å². The molecule has 0 bridgehead atoms. The number of hydrogen-bond acceptors (Lipinski definition) is 5. The van der Waals surface area contributed by atoms with Gasteiger partial charge in [-0.25, -0.2) is 0 Å². The first-order valence-electron chi connectivity index (χ1n) is 11.6. The molecule has 3 aromatic rings. The number of benzene rings is 2. The van der Waals surface area contributed by atoms with E-state index in [1.807, 2.05) is 20.8 Å². The number of esters is 1. The van der Waals surface area contributed by atoms with Crippen molar-refractivity contribution in [3.63, 3.8) is 0 Å². The maximum absolute atomic E-state index is 13.8. The summed E-state index contributed by atoms with van der Waals surface area (Å²) in [5.74, 6) is -3.06. The number of rotatable bonds is 4. The van der Waals surface area contributed by atoms with Crippen LogP contribution in [-0.4, -0.2) is 5.97 Å². The fourth-order valence-electron chi connectivity index (χ4n) is 4.18. The van der Waals surface area contributed by atoms with Gasteiger partial charge in [0.15, 0.2) is 0 Å². The van der Waals surface area contributed by atoms with Crippen LogP contribution in [0.4, 0.5) is 13.2 Å². The van der Waals surface area contributed by atoms with Crippen molar-refractivity contribution >= 4 is 16.9 Å². The van der Waals surface area contributed by atoms with E-state index in [0.29, 0.717) is 0 Å². The van der Waals surface area contributed by atoms with Crippen LogP contribution in [0.3, 0.4) is 0 Å². The highest BCUT2D eigenvalue weighted by Crippen LogP contribution is 2.39. The lowest BCUT2D eigenvalue weighted by Crippen LogP contribution is -2.22. The first-order chi connectivity index (χ1) is 16.4. The Morgan fingerprint density at radius 3 is 2.17 bits per heavy atom. The quantitative estimate of drug-likeness (QED) is 0.283. The zero-order valence-corrected chi connectivity index (χ0v) is 19.8. The van der Waals surface area contributed by atoms with E-state index in [9.17, 15) is 22.8 Å². The second kappa shape index (κ2) is 9.40. The highest BCUT2D eigenvalue weighted by atomic mass is 19.4. The topological polar surface area (TPSA) is 65.7 Å². The third-order valence-electron chi connectivity index (χ3n) is 6.18. The summed E-state index contributed by atoms with van der Waals surface area (Å²) in [5, 5.41) is -0.114. The zero-order valence-electron chi connectivity index (χ0n) is 19.8. The standard InChI is InChI=1S/C27H27F3O5/c1-26(2,3)17-9-11-18(12-10-17)33-23-22(31)20-14-13-19(15-21(20)35-24(23)27(28,29)30)34-25(32)16-7-5-4-6-8-16/h9-16H,4-8H2,1-3H3. The Kier molecular flexibility index (Phi) is 6.66. The summed E-state index contributed by atoms with van der Waals surface area (Å²) in [6.07, 6.45) is -0.612. The number of hydrogen-bond donors (Lipinski definition) is 0. The summed E-state index contributed by atoms with van der Waals surface area (Å²) >= 11 is 0. The minimum atomic E-state index is -4.98. The molecule has 2 aromatic carbocycles. The Balaban J connectivity index is 1.69. The van der Waals surface area contributed by atoms with Crippen molar-refractivity contribution in [2.75, 3.05) is 0 Å². The summed E-state index contributed by atoms with van der Waals surface area (Å²) in [5.41, 5.74) is -0.507. The molecule has 1 aliphatic rings. The average molecular weight is 489 g/mol. The third-order valence-corrected chi connectivity index (χ3v) is 6.18. The van der Waals surface area contributed by atoms with Gasteiger partial charge in [-0.3, -0.25) is 9.59 Å². The molecule has 0 spiro atoms. The molecule has 0 radical (unpaired) electrons. The first-order valence-corrected chi connectivity index (χ1v) is 11.6. The van der Waals surface area contributed by atoms with Crippen molar-refractivity contribution in [2.45, 2.75) is 64.5 Å². The lowest BCUT2D eigenvalue weighted by molar-refractivity contribution is -0.154. The summed E-state index contributed by atoms with van der Waals surface area (Å²) in [6, 6.07) is 10.3. The molecule has 1 heterocycles. The number of fused-ring (bicyclic) bond motifs is 1. The van der Waals surface area contributed by atoms with Gasteiger partial charge in [-0.1, -0.05) is 52.2 Å². The van der Waals surface area contributed by atoms with E-state index in [2.05, 4.69) is 0 Å². The molecular formula is C27H27F3O5. The Hall–Kier alpha value is -3.29. The molecule has 1 aromatic heterocycles. The molecule has 0 amide bonds. The molecule has 4 rings (SSSR count). The second-order valence-electron chi connectivity index (χ2n) is 9.88. The highest BCUT2D eigenvalue weighted by Gasteiger charge is 2.40. The smallest absolute Gasteiger partial charge is 0.449 e. The maximum atomic E-state index is 13.8. The Bertz CT molecular complexity index is 1280. The van der Waals surface area contributed by atoms with E-state index >= 15 is 0 Å². The molecule has 0 saturated heterocycles. The van der Waals surface area contributed by atoms with Gasteiger partial charge in [-0.2, -0.15) is 13.2 Å². The van der Waals surface area contributed by atoms with Gasteiger partial charge in [-0.15, -0.1) is 0 Å². The van der Waals surface area contributed by atoms with Gasteiger partial charge in [0.1, 0.15) is 17.1 Å². The van der Waals surface area contributed by atoms with E-state index < -0.39 is 29.1 Å². The van der Waals surface area contributed by atoms with Crippen molar-refractivity contribution in [3.05, 3.63) is 64.0 Å². The van der Waals surface area contributed by atoms with Crippen LogP contribution in [0.25, 0.3) is 11.0 Å². The van der Waals surface area contributed by atoms with E-state index in [4.69, 9.17) is 13.9 Å². The Morgan fingerprint density at radius 1 is 0.943 bits per heavy atom. The maximum Gasteiger partial charge on any atom is 0.453 e. The van der Waals surface area contributed by atoms with Crippen LogP contribution < -0.4 is 14.9 Å². The van der Waals surface area contributed by atoms with Gasteiger partial charge in [0.25, 0.3) is 5.76 Å². The van der Waals surface area contributed by atoms with Crippen LogP contribution in [0, 0.1) is 5.92 Å².